The fraction of sp³-hybridized carbons (Fsp3) is 0.571. The Bertz CT molecular complexity index is 419. The van der Waals surface area contributed by atoms with E-state index in [1.807, 2.05) is 39.8 Å². The summed E-state index contributed by atoms with van der Waals surface area (Å²) in [6, 6.07) is 5.35. The van der Waals surface area contributed by atoms with Gasteiger partial charge in [0, 0.05) is 19.7 Å². The molecule has 2 N–H and O–H groups in total. The van der Waals surface area contributed by atoms with Crippen molar-refractivity contribution in [2.75, 3.05) is 25.0 Å². The molecule has 106 valence electrons. The molecule has 1 aromatic rings. The van der Waals surface area contributed by atoms with Crippen molar-refractivity contribution in [2.24, 2.45) is 0 Å². The van der Waals surface area contributed by atoms with Gasteiger partial charge in [-0.15, -0.1) is 0 Å². The molecule has 0 fully saturated rings. The van der Waals surface area contributed by atoms with Crippen LogP contribution in [0.4, 0.5) is 5.82 Å². The first kappa shape index (κ1) is 15.4. The predicted octanol–water partition coefficient (Wildman–Crippen LogP) is 2.06. The zero-order chi connectivity index (χ0) is 14.3. The highest BCUT2D eigenvalue weighted by molar-refractivity contribution is 5.92. The summed E-state index contributed by atoms with van der Waals surface area (Å²) < 4.78 is 5.53. The molecule has 0 aromatic carbocycles. The molecule has 0 aliphatic heterocycles. The van der Waals surface area contributed by atoms with Gasteiger partial charge >= 0.3 is 0 Å². The van der Waals surface area contributed by atoms with Crippen LogP contribution in [0.1, 0.15) is 38.2 Å². The molecule has 0 atom stereocenters. The molecule has 1 rings (SSSR count). The Kier molecular flexibility index (Phi) is 5.76. The Morgan fingerprint density at radius 2 is 2.11 bits per heavy atom. The van der Waals surface area contributed by atoms with Crippen molar-refractivity contribution >= 4 is 11.7 Å². The van der Waals surface area contributed by atoms with Crippen molar-refractivity contribution in [1.82, 2.24) is 10.3 Å². The molecular weight excluding hydrogens is 242 g/mol. The quantitative estimate of drug-likeness (QED) is 0.792. The molecule has 19 heavy (non-hydrogen) atoms. The van der Waals surface area contributed by atoms with Crippen LogP contribution in [-0.4, -0.2) is 36.2 Å². The second-order valence-corrected chi connectivity index (χ2v) is 4.81. The summed E-state index contributed by atoms with van der Waals surface area (Å²) in [7, 11) is 0. The third-order valence-corrected chi connectivity index (χ3v) is 2.55. The van der Waals surface area contributed by atoms with Crippen LogP contribution in [0.3, 0.4) is 0 Å². The van der Waals surface area contributed by atoms with Crippen molar-refractivity contribution in [2.45, 2.75) is 33.3 Å². The Labute approximate surface area is 114 Å². The lowest BCUT2D eigenvalue weighted by atomic mass is 10.1. The van der Waals surface area contributed by atoms with E-state index >= 15 is 0 Å². The maximum atomic E-state index is 12.0. The minimum atomic E-state index is -0.371. The molecule has 1 amide bonds. The number of carbonyl (C=O) groups excluding carboxylic acids is 1. The van der Waals surface area contributed by atoms with Gasteiger partial charge in [0.25, 0.3) is 5.91 Å². The average Bonchev–Trinajstić information content (AvgIpc) is 2.37. The van der Waals surface area contributed by atoms with E-state index in [1.165, 1.54) is 0 Å². The monoisotopic (exact) mass is 265 g/mol. The van der Waals surface area contributed by atoms with E-state index in [0.717, 1.165) is 6.54 Å². The summed E-state index contributed by atoms with van der Waals surface area (Å²) in [5.74, 6) is 0.520. The van der Waals surface area contributed by atoms with Gasteiger partial charge in [-0.2, -0.15) is 0 Å². The van der Waals surface area contributed by atoms with Gasteiger partial charge in [-0.3, -0.25) is 4.79 Å². The van der Waals surface area contributed by atoms with E-state index in [2.05, 4.69) is 15.6 Å². The number of nitrogens with zero attached hydrogens (tertiary/aromatic N) is 1. The maximum Gasteiger partial charge on any atom is 0.270 e. The van der Waals surface area contributed by atoms with Crippen molar-refractivity contribution < 1.29 is 9.53 Å². The normalized spacial score (nSPS) is 11.2. The third-order valence-electron chi connectivity index (χ3n) is 2.55. The van der Waals surface area contributed by atoms with Gasteiger partial charge < -0.3 is 15.4 Å². The number of hydrogen-bond donors (Lipinski definition) is 2. The summed E-state index contributed by atoms with van der Waals surface area (Å²) >= 11 is 0. The van der Waals surface area contributed by atoms with Gasteiger partial charge in [0.1, 0.15) is 11.5 Å². The molecule has 0 aliphatic carbocycles. The first-order valence-corrected chi connectivity index (χ1v) is 6.61. The van der Waals surface area contributed by atoms with E-state index in [-0.39, 0.29) is 11.5 Å². The molecule has 5 nitrogen and oxygen atoms in total. The number of rotatable bonds is 7. The number of hydrogen-bond acceptors (Lipinski definition) is 4. The first-order valence-electron chi connectivity index (χ1n) is 6.61. The fourth-order valence-electron chi connectivity index (χ4n) is 1.67. The highest BCUT2D eigenvalue weighted by Crippen LogP contribution is 2.08. The van der Waals surface area contributed by atoms with Crippen molar-refractivity contribution in [3.8, 4) is 0 Å². The zero-order valence-electron chi connectivity index (χ0n) is 12.1. The third kappa shape index (κ3) is 5.26. The topological polar surface area (TPSA) is 63.2 Å². The molecule has 1 aromatic heterocycles. The molecule has 0 saturated carbocycles. The molecule has 0 saturated heterocycles. The molecule has 1 heterocycles. The van der Waals surface area contributed by atoms with E-state index in [4.69, 9.17) is 4.74 Å². The van der Waals surface area contributed by atoms with Crippen LogP contribution < -0.4 is 10.6 Å². The molecule has 0 aliphatic rings. The highest BCUT2D eigenvalue weighted by Gasteiger charge is 2.19. The Balaban J connectivity index is 2.60. The number of amides is 1. The van der Waals surface area contributed by atoms with Crippen LogP contribution in [0.25, 0.3) is 0 Å². The highest BCUT2D eigenvalue weighted by atomic mass is 16.5. The van der Waals surface area contributed by atoms with Crippen LogP contribution in [0.5, 0.6) is 0 Å². The minimum Gasteiger partial charge on any atom is -0.374 e. The van der Waals surface area contributed by atoms with Crippen molar-refractivity contribution in [1.29, 1.82) is 0 Å². The molecule has 5 heteroatoms. The summed E-state index contributed by atoms with van der Waals surface area (Å²) in [5.41, 5.74) is 0.0368. The average molecular weight is 265 g/mol. The second-order valence-electron chi connectivity index (χ2n) is 4.81. The molecule has 0 radical (unpaired) electrons. The summed E-state index contributed by atoms with van der Waals surface area (Å²) in [6.07, 6.45) is 0. The van der Waals surface area contributed by atoms with E-state index in [1.54, 1.807) is 6.07 Å². The van der Waals surface area contributed by atoms with Crippen LogP contribution in [0.2, 0.25) is 0 Å². The lowest BCUT2D eigenvalue weighted by Crippen LogP contribution is -2.40. The van der Waals surface area contributed by atoms with E-state index in [0.29, 0.717) is 24.7 Å². The Morgan fingerprint density at radius 1 is 1.37 bits per heavy atom. The number of carbonyl (C=O) groups is 1. The predicted molar refractivity (Wildman–Crippen MR) is 76.4 cm³/mol. The van der Waals surface area contributed by atoms with E-state index in [9.17, 15) is 4.79 Å². The van der Waals surface area contributed by atoms with E-state index < -0.39 is 0 Å². The number of anilines is 1. The van der Waals surface area contributed by atoms with Gasteiger partial charge in [0.05, 0.1) is 5.60 Å². The molecule has 0 unspecified atom stereocenters. The summed E-state index contributed by atoms with van der Waals surface area (Å²) in [6.45, 7) is 9.65. The van der Waals surface area contributed by atoms with Gasteiger partial charge in [0.2, 0.25) is 0 Å². The fourth-order valence-corrected chi connectivity index (χ4v) is 1.67. The first-order chi connectivity index (χ1) is 8.98. The van der Waals surface area contributed by atoms with Crippen molar-refractivity contribution in [3.05, 3.63) is 23.9 Å². The number of aromatic nitrogens is 1. The second kappa shape index (κ2) is 7.09. The number of nitrogens with one attached hydrogen (secondary N) is 2. The Hall–Kier alpha value is -1.62. The van der Waals surface area contributed by atoms with Crippen LogP contribution >= 0.6 is 0 Å². The van der Waals surface area contributed by atoms with Gasteiger partial charge in [0.15, 0.2) is 0 Å². The molecule has 0 bridgehead atoms. The summed E-state index contributed by atoms with van der Waals surface area (Å²) in [5, 5.41) is 5.92. The van der Waals surface area contributed by atoms with Crippen molar-refractivity contribution in [3.63, 3.8) is 0 Å². The smallest absolute Gasteiger partial charge is 0.270 e. The van der Waals surface area contributed by atoms with Crippen LogP contribution in [-0.2, 0) is 4.74 Å². The Morgan fingerprint density at radius 3 is 2.74 bits per heavy atom. The van der Waals surface area contributed by atoms with Crippen LogP contribution in [0.15, 0.2) is 18.2 Å². The zero-order valence-corrected chi connectivity index (χ0v) is 12.1. The SMILES string of the molecule is CCNc1cccc(C(=O)NCC(C)(C)OCC)n1. The molecule has 0 spiro atoms. The lowest BCUT2D eigenvalue weighted by molar-refractivity contribution is -0.00818. The van der Waals surface area contributed by atoms with Gasteiger partial charge in [-0.25, -0.2) is 4.98 Å². The molecular formula is C14H23N3O2. The summed E-state index contributed by atoms with van der Waals surface area (Å²) in [4.78, 5) is 16.2. The number of pyridine rings is 1. The maximum absolute atomic E-state index is 12.0. The largest absolute Gasteiger partial charge is 0.374 e. The van der Waals surface area contributed by atoms with Gasteiger partial charge in [-0.1, -0.05) is 6.07 Å². The lowest BCUT2D eigenvalue weighted by Gasteiger charge is -2.24. The number of ether oxygens (including phenoxy) is 1. The van der Waals surface area contributed by atoms with Gasteiger partial charge in [-0.05, 0) is 39.8 Å². The standard InChI is InChI=1S/C14H23N3O2/c1-5-15-12-9-7-8-11(17-12)13(18)16-10-14(3,4)19-6-2/h7-9H,5-6,10H2,1-4H3,(H,15,17)(H,16,18). The van der Waals surface area contributed by atoms with Crippen LogP contribution in [0, 0.1) is 0 Å². The minimum absolute atomic E-state index is 0.187.